The predicted octanol–water partition coefficient (Wildman–Crippen LogP) is 1.46. The largest absolute Gasteiger partial charge is 0.295 e. The molecule has 0 aliphatic carbocycles. The minimum absolute atomic E-state index is 0.123. The van der Waals surface area contributed by atoms with Crippen LogP contribution in [0.4, 0.5) is 8.78 Å². The molecule has 0 bridgehead atoms. The van der Waals surface area contributed by atoms with Crippen LogP contribution in [-0.2, 0) is 0 Å². The molecule has 1 aliphatic heterocycles. The summed E-state index contributed by atoms with van der Waals surface area (Å²) in [7, 11) is 0. The maximum absolute atomic E-state index is 12.6. The van der Waals surface area contributed by atoms with E-state index in [1.54, 1.807) is 6.07 Å². The Morgan fingerprint density at radius 1 is 1.67 bits per heavy atom. The van der Waals surface area contributed by atoms with Crippen LogP contribution in [0.3, 0.4) is 0 Å². The molecule has 1 unspecified atom stereocenters. The van der Waals surface area contributed by atoms with Crippen LogP contribution in [0, 0.1) is 11.3 Å². The van der Waals surface area contributed by atoms with Crippen LogP contribution in [0.1, 0.15) is 6.42 Å². The average molecular weight is 195 g/mol. The predicted molar refractivity (Wildman–Crippen MR) is 41.3 cm³/mol. The summed E-state index contributed by atoms with van der Waals surface area (Å²) in [6.45, 7) is 0.295. The topological polar surface area (TPSA) is 27.0 Å². The first-order valence-corrected chi connectivity index (χ1v) is 4.11. The number of hydrogen-bond donors (Lipinski definition) is 0. The van der Waals surface area contributed by atoms with Gasteiger partial charge < -0.3 is 0 Å². The lowest BCUT2D eigenvalue weighted by atomic mass is 10.3. The molecule has 0 N–H and O–H groups in total. The molecule has 1 atom stereocenters. The third-order valence-corrected chi connectivity index (χ3v) is 2.04. The molecule has 68 valence electrons. The van der Waals surface area contributed by atoms with E-state index in [0.29, 0.717) is 6.54 Å². The zero-order valence-electron chi connectivity index (χ0n) is 6.43. The van der Waals surface area contributed by atoms with E-state index in [0.717, 1.165) is 0 Å². The van der Waals surface area contributed by atoms with Gasteiger partial charge in [-0.25, -0.2) is 8.78 Å². The fourth-order valence-electron chi connectivity index (χ4n) is 1.23. The van der Waals surface area contributed by atoms with Gasteiger partial charge in [-0.15, -0.1) is 11.6 Å². The fourth-order valence-corrected chi connectivity index (χ4v) is 1.43. The Hall–Kier alpha value is -0.400. The molecule has 5 heteroatoms. The molecule has 0 amide bonds. The summed E-state index contributed by atoms with van der Waals surface area (Å²) >= 11 is 5.49. The van der Waals surface area contributed by atoms with Crippen molar-refractivity contribution >= 4 is 11.6 Å². The summed E-state index contributed by atoms with van der Waals surface area (Å²) in [5, 5.41) is 7.65. The summed E-state index contributed by atoms with van der Waals surface area (Å²) in [5.74, 6) is -2.59. The second-order valence-corrected chi connectivity index (χ2v) is 3.46. The fraction of sp³-hybridized carbons (Fsp3) is 0.857. The molecule has 1 heterocycles. The van der Waals surface area contributed by atoms with E-state index in [4.69, 9.17) is 16.9 Å². The van der Waals surface area contributed by atoms with Crippen molar-refractivity contribution in [2.45, 2.75) is 17.7 Å². The van der Waals surface area contributed by atoms with Crippen LogP contribution < -0.4 is 0 Å². The van der Waals surface area contributed by atoms with Crippen LogP contribution in [0.15, 0.2) is 0 Å². The summed E-state index contributed by atoms with van der Waals surface area (Å²) in [4.78, 5) is 1.51. The van der Waals surface area contributed by atoms with Gasteiger partial charge in [0.2, 0.25) is 0 Å². The minimum atomic E-state index is -2.59. The number of halogens is 3. The van der Waals surface area contributed by atoms with Crippen molar-refractivity contribution in [3.8, 4) is 6.07 Å². The van der Waals surface area contributed by atoms with Gasteiger partial charge in [-0.1, -0.05) is 0 Å². The number of alkyl halides is 3. The number of nitriles is 1. The highest BCUT2D eigenvalue weighted by Crippen LogP contribution is 2.26. The smallest absolute Gasteiger partial charge is 0.261 e. The molecule has 1 saturated heterocycles. The first kappa shape index (κ1) is 9.69. The Bertz CT molecular complexity index is 202. The first-order valence-electron chi connectivity index (χ1n) is 3.67. The van der Waals surface area contributed by atoms with Crippen molar-refractivity contribution in [1.82, 2.24) is 4.90 Å². The Morgan fingerprint density at radius 3 is 2.75 bits per heavy atom. The van der Waals surface area contributed by atoms with Gasteiger partial charge in [0.25, 0.3) is 5.92 Å². The highest BCUT2D eigenvalue weighted by molar-refractivity contribution is 6.22. The number of likely N-dealkylation sites (tertiary alicyclic amines) is 1. The van der Waals surface area contributed by atoms with Crippen molar-refractivity contribution in [3.63, 3.8) is 0 Å². The Labute approximate surface area is 74.7 Å². The van der Waals surface area contributed by atoms with Gasteiger partial charge >= 0.3 is 0 Å². The second kappa shape index (κ2) is 3.55. The van der Waals surface area contributed by atoms with Crippen molar-refractivity contribution in [3.05, 3.63) is 0 Å². The lowest BCUT2D eigenvalue weighted by Crippen LogP contribution is -2.30. The van der Waals surface area contributed by atoms with E-state index >= 15 is 0 Å². The van der Waals surface area contributed by atoms with Crippen molar-refractivity contribution in [2.24, 2.45) is 0 Å². The van der Waals surface area contributed by atoms with Crippen LogP contribution in [0.5, 0.6) is 0 Å². The first-order chi connectivity index (χ1) is 5.53. The van der Waals surface area contributed by atoms with Gasteiger partial charge in [0.15, 0.2) is 0 Å². The molecule has 0 saturated carbocycles. The highest BCUT2D eigenvalue weighted by Gasteiger charge is 2.38. The summed E-state index contributed by atoms with van der Waals surface area (Å²) in [6.07, 6.45) is -0.123. The molecule has 0 aromatic rings. The van der Waals surface area contributed by atoms with Gasteiger partial charge in [0.05, 0.1) is 12.6 Å². The van der Waals surface area contributed by atoms with Gasteiger partial charge in [-0.05, 0) is 0 Å². The molecule has 0 aromatic carbocycles. The molecule has 12 heavy (non-hydrogen) atoms. The van der Waals surface area contributed by atoms with Crippen molar-refractivity contribution < 1.29 is 8.78 Å². The third kappa shape index (κ3) is 2.58. The zero-order chi connectivity index (χ0) is 9.19. The quantitative estimate of drug-likeness (QED) is 0.623. The average Bonchev–Trinajstić information content (AvgIpc) is 2.30. The zero-order valence-corrected chi connectivity index (χ0v) is 7.19. The van der Waals surface area contributed by atoms with Crippen LogP contribution in [-0.4, -0.2) is 35.8 Å². The highest BCUT2D eigenvalue weighted by atomic mass is 35.5. The molecule has 0 spiro atoms. The van der Waals surface area contributed by atoms with E-state index in [2.05, 4.69) is 0 Å². The van der Waals surface area contributed by atoms with Gasteiger partial charge in [0.1, 0.15) is 5.38 Å². The molecule has 0 radical (unpaired) electrons. The molecule has 2 nitrogen and oxygen atoms in total. The van der Waals surface area contributed by atoms with Crippen molar-refractivity contribution in [1.29, 1.82) is 5.26 Å². The third-order valence-electron chi connectivity index (χ3n) is 1.81. The molecular formula is C7H9ClF2N2. The van der Waals surface area contributed by atoms with E-state index in [1.165, 1.54) is 4.90 Å². The standard InChI is InChI=1S/C7H9ClF2N2/c8-6(3-11)4-12-2-1-7(9,10)5-12/h6H,1-2,4-5H2. The number of rotatable bonds is 2. The SMILES string of the molecule is N#CC(Cl)CN1CCC(F)(F)C1. The van der Waals surface area contributed by atoms with E-state index in [1.807, 2.05) is 0 Å². The molecule has 1 fully saturated rings. The Balaban J connectivity index is 2.34. The summed E-state index contributed by atoms with van der Waals surface area (Å²) in [5.41, 5.74) is 0. The molecular weight excluding hydrogens is 186 g/mol. The van der Waals surface area contributed by atoms with Crippen LogP contribution in [0.2, 0.25) is 0 Å². The second-order valence-electron chi connectivity index (χ2n) is 2.94. The van der Waals surface area contributed by atoms with Gasteiger partial charge in [0, 0.05) is 19.5 Å². The molecule has 0 aromatic heterocycles. The monoisotopic (exact) mass is 194 g/mol. The molecule has 1 rings (SSSR count). The van der Waals surface area contributed by atoms with Crippen LogP contribution >= 0.6 is 11.6 Å². The number of hydrogen-bond acceptors (Lipinski definition) is 2. The van der Waals surface area contributed by atoms with E-state index in [9.17, 15) is 8.78 Å². The normalized spacial score (nSPS) is 25.2. The van der Waals surface area contributed by atoms with Gasteiger partial charge in [-0.2, -0.15) is 5.26 Å². The number of nitrogens with zero attached hydrogens (tertiary/aromatic N) is 2. The van der Waals surface area contributed by atoms with E-state index in [-0.39, 0.29) is 19.5 Å². The maximum atomic E-state index is 12.6. The summed E-state index contributed by atoms with van der Waals surface area (Å²) in [6, 6.07) is 1.80. The van der Waals surface area contributed by atoms with Gasteiger partial charge in [-0.3, -0.25) is 4.90 Å². The summed E-state index contributed by atoms with van der Waals surface area (Å²) < 4.78 is 25.2. The van der Waals surface area contributed by atoms with Crippen molar-refractivity contribution in [2.75, 3.05) is 19.6 Å². The lowest BCUT2D eigenvalue weighted by molar-refractivity contribution is 0.0125. The maximum Gasteiger partial charge on any atom is 0.261 e. The Morgan fingerprint density at radius 2 is 2.33 bits per heavy atom. The molecule has 1 aliphatic rings. The minimum Gasteiger partial charge on any atom is -0.295 e. The Kier molecular flexibility index (Phi) is 2.86. The van der Waals surface area contributed by atoms with E-state index < -0.39 is 11.3 Å². The van der Waals surface area contributed by atoms with Crippen LogP contribution in [0.25, 0.3) is 0 Å². The lowest BCUT2D eigenvalue weighted by Gasteiger charge is -2.14.